The molecule has 0 aromatic carbocycles. The highest BCUT2D eigenvalue weighted by molar-refractivity contribution is 7.80. The van der Waals surface area contributed by atoms with Gasteiger partial charge in [-0.1, -0.05) is 0 Å². The van der Waals surface area contributed by atoms with Crippen molar-refractivity contribution in [3.05, 3.63) is 0 Å². The molecule has 7 nitrogen and oxygen atoms in total. The van der Waals surface area contributed by atoms with Gasteiger partial charge in [0.2, 0.25) is 5.96 Å². The van der Waals surface area contributed by atoms with E-state index < -0.39 is 11.9 Å². The van der Waals surface area contributed by atoms with E-state index in [4.69, 9.17) is 10.8 Å². The minimum absolute atomic E-state index is 0.0484. The number of carbonyl (C=O) groups excluding carboxylic acids is 1. The highest BCUT2D eigenvalue weighted by Crippen LogP contribution is 1.90. The second-order valence-electron chi connectivity index (χ2n) is 2.46. The fraction of sp³-hybridized carbons (Fsp3) is 0.571. The zero-order valence-electron chi connectivity index (χ0n) is 7.97. The average molecular weight is 235 g/mol. The van der Waals surface area contributed by atoms with Crippen molar-refractivity contribution in [2.45, 2.75) is 12.8 Å². The molecule has 0 fully saturated rings. The molecular weight excluding hydrogens is 222 g/mol. The van der Waals surface area contributed by atoms with Gasteiger partial charge in [0.05, 0.1) is 19.4 Å². The Morgan fingerprint density at radius 2 is 2.13 bits per heavy atom. The Bertz CT molecular complexity index is 257. The Hall–Kier alpha value is -1.44. The van der Waals surface area contributed by atoms with Crippen LogP contribution in [0.15, 0.2) is 4.99 Å². The molecule has 0 amide bonds. The van der Waals surface area contributed by atoms with Gasteiger partial charge in [0.1, 0.15) is 0 Å². The van der Waals surface area contributed by atoms with Crippen molar-refractivity contribution in [1.82, 2.24) is 5.48 Å². The van der Waals surface area contributed by atoms with Crippen LogP contribution in [0.25, 0.3) is 0 Å². The van der Waals surface area contributed by atoms with Gasteiger partial charge in [-0.3, -0.25) is 9.79 Å². The van der Waals surface area contributed by atoms with Crippen LogP contribution in [0.2, 0.25) is 0 Å². The van der Waals surface area contributed by atoms with Gasteiger partial charge < -0.3 is 15.7 Å². The van der Waals surface area contributed by atoms with E-state index in [1.54, 1.807) is 0 Å². The second-order valence-corrected chi connectivity index (χ2v) is 2.91. The molecule has 0 unspecified atom stereocenters. The van der Waals surface area contributed by atoms with Crippen LogP contribution < -0.4 is 11.2 Å². The largest absolute Gasteiger partial charge is 0.481 e. The number of carboxylic acid groups (broad SMARTS) is 1. The Balaban J connectivity index is 3.66. The van der Waals surface area contributed by atoms with Gasteiger partial charge in [0, 0.05) is 5.75 Å². The smallest absolute Gasteiger partial charge is 0.332 e. The Morgan fingerprint density at radius 3 is 2.67 bits per heavy atom. The van der Waals surface area contributed by atoms with Gasteiger partial charge >= 0.3 is 11.9 Å². The zero-order chi connectivity index (χ0) is 11.7. The lowest BCUT2D eigenvalue weighted by Gasteiger charge is -2.04. The highest BCUT2D eigenvalue weighted by Gasteiger charge is 2.06. The number of carbonyl (C=O) groups is 2. The molecule has 0 spiro atoms. The number of nitrogens with one attached hydrogen (secondary N) is 1. The number of carboxylic acids is 1. The fourth-order valence-electron chi connectivity index (χ4n) is 0.572. The second kappa shape index (κ2) is 7.92. The summed E-state index contributed by atoms with van der Waals surface area (Å²) in [5, 5.41) is 8.27. The molecule has 8 heteroatoms. The van der Waals surface area contributed by atoms with Gasteiger partial charge in [0.15, 0.2) is 0 Å². The average Bonchev–Trinajstić information content (AvgIpc) is 2.20. The van der Waals surface area contributed by atoms with Crippen molar-refractivity contribution in [2.24, 2.45) is 10.7 Å². The number of hydroxylamine groups is 1. The SMILES string of the molecule is NC(=NCCS)NOC(=O)CCC(=O)O. The summed E-state index contributed by atoms with van der Waals surface area (Å²) in [5.41, 5.74) is 7.37. The van der Waals surface area contributed by atoms with Gasteiger partial charge in [-0.25, -0.2) is 4.79 Å². The molecule has 0 saturated carbocycles. The molecule has 4 N–H and O–H groups in total. The van der Waals surface area contributed by atoms with E-state index in [9.17, 15) is 9.59 Å². The molecule has 0 aromatic rings. The number of rotatable bonds is 5. The third-order valence-corrected chi connectivity index (χ3v) is 1.39. The summed E-state index contributed by atoms with van der Waals surface area (Å²) >= 11 is 3.90. The summed E-state index contributed by atoms with van der Waals surface area (Å²) in [4.78, 5) is 29.1. The summed E-state index contributed by atoms with van der Waals surface area (Å²) in [7, 11) is 0. The van der Waals surface area contributed by atoms with Gasteiger partial charge in [0.25, 0.3) is 0 Å². The molecule has 0 bridgehead atoms. The normalized spacial score (nSPS) is 10.9. The standard InChI is InChI=1S/C7H13N3O4S/c8-7(9-3-4-15)10-14-6(13)2-1-5(11)12/h15H,1-4H2,(H,11,12)(H3,8,9,10). The number of aliphatic imine (C=N–C) groups is 1. The van der Waals surface area contributed by atoms with E-state index in [-0.39, 0.29) is 18.8 Å². The maximum Gasteiger partial charge on any atom is 0.332 e. The number of nitrogens with zero attached hydrogens (tertiary/aromatic N) is 1. The van der Waals surface area contributed by atoms with Crippen LogP contribution in [0.5, 0.6) is 0 Å². The third-order valence-electron chi connectivity index (χ3n) is 1.19. The summed E-state index contributed by atoms with van der Waals surface area (Å²) in [5.74, 6) is -1.30. The molecule has 0 rings (SSSR count). The summed E-state index contributed by atoms with van der Waals surface area (Å²) in [6.07, 6.45) is -0.504. The molecule has 0 radical (unpaired) electrons. The van der Waals surface area contributed by atoms with E-state index in [1.807, 2.05) is 0 Å². The number of guanidine groups is 1. The molecule has 86 valence electrons. The van der Waals surface area contributed by atoms with Crippen LogP contribution in [0.1, 0.15) is 12.8 Å². The number of aliphatic carboxylic acids is 1. The summed E-state index contributed by atoms with van der Waals surface area (Å²) in [6, 6.07) is 0. The first kappa shape index (κ1) is 13.6. The third kappa shape index (κ3) is 8.88. The maximum atomic E-state index is 10.9. The molecule has 0 aliphatic rings. The minimum atomic E-state index is -1.07. The minimum Gasteiger partial charge on any atom is -0.481 e. The first-order valence-corrected chi connectivity index (χ1v) is 4.77. The van der Waals surface area contributed by atoms with E-state index in [0.29, 0.717) is 12.3 Å². The van der Waals surface area contributed by atoms with Gasteiger partial charge in [-0.15, -0.1) is 0 Å². The zero-order valence-corrected chi connectivity index (χ0v) is 8.87. The molecule has 0 atom stereocenters. The molecular formula is C7H13N3O4S. The quantitative estimate of drug-likeness (QED) is 0.213. The summed E-state index contributed by atoms with van der Waals surface area (Å²) < 4.78 is 0. The van der Waals surface area contributed by atoms with Crippen LogP contribution in [-0.4, -0.2) is 35.3 Å². The van der Waals surface area contributed by atoms with Crippen molar-refractivity contribution in [3.8, 4) is 0 Å². The van der Waals surface area contributed by atoms with Crippen molar-refractivity contribution in [3.63, 3.8) is 0 Å². The maximum absolute atomic E-state index is 10.9. The lowest BCUT2D eigenvalue weighted by atomic mass is 10.3. The lowest BCUT2D eigenvalue weighted by Crippen LogP contribution is -2.34. The van der Waals surface area contributed by atoms with Crippen molar-refractivity contribution >= 4 is 30.5 Å². The lowest BCUT2D eigenvalue weighted by molar-refractivity contribution is -0.151. The van der Waals surface area contributed by atoms with Crippen LogP contribution in [0.3, 0.4) is 0 Å². The molecule has 0 aromatic heterocycles. The van der Waals surface area contributed by atoms with Gasteiger partial charge in [-0.2, -0.15) is 18.1 Å². The molecule has 15 heavy (non-hydrogen) atoms. The predicted octanol–water partition coefficient (Wildman–Crippen LogP) is -0.857. The Kier molecular flexibility index (Phi) is 7.16. The number of hydrogen-bond donors (Lipinski definition) is 4. The first-order valence-electron chi connectivity index (χ1n) is 4.14. The molecule has 0 heterocycles. The highest BCUT2D eigenvalue weighted by atomic mass is 32.1. The van der Waals surface area contributed by atoms with Crippen LogP contribution in [-0.2, 0) is 14.4 Å². The fourth-order valence-corrected chi connectivity index (χ4v) is 0.672. The van der Waals surface area contributed by atoms with Gasteiger partial charge in [-0.05, 0) is 0 Å². The Labute approximate surface area is 92.1 Å². The summed E-state index contributed by atoms with van der Waals surface area (Å²) in [6.45, 7) is 0.397. The van der Waals surface area contributed by atoms with E-state index in [1.165, 1.54) is 0 Å². The molecule has 0 saturated heterocycles. The molecule has 0 aliphatic carbocycles. The van der Waals surface area contributed by atoms with E-state index in [2.05, 4.69) is 27.9 Å². The Morgan fingerprint density at radius 1 is 1.47 bits per heavy atom. The van der Waals surface area contributed by atoms with E-state index >= 15 is 0 Å². The van der Waals surface area contributed by atoms with Crippen LogP contribution >= 0.6 is 12.6 Å². The number of nitrogens with two attached hydrogens (primary N) is 1. The van der Waals surface area contributed by atoms with Crippen LogP contribution in [0.4, 0.5) is 0 Å². The number of thiol groups is 1. The first-order chi connectivity index (χ1) is 7.06. The van der Waals surface area contributed by atoms with E-state index in [0.717, 1.165) is 0 Å². The predicted molar refractivity (Wildman–Crippen MR) is 56.4 cm³/mol. The number of hydrogen-bond acceptors (Lipinski definition) is 5. The van der Waals surface area contributed by atoms with Crippen molar-refractivity contribution in [1.29, 1.82) is 0 Å². The van der Waals surface area contributed by atoms with Crippen molar-refractivity contribution < 1.29 is 19.5 Å². The van der Waals surface area contributed by atoms with Crippen molar-refractivity contribution in [2.75, 3.05) is 12.3 Å². The topological polar surface area (TPSA) is 114 Å². The molecule has 0 aliphatic heterocycles. The monoisotopic (exact) mass is 235 g/mol. The van der Waals surface area contributed by atoms with Crippen LogP contribution in [0, 0.1) is 0 Å².